The molecule has 0 saturated carbocycles. The van der Waals surface area contributed by atoms with Gasteiger partial charge in [0, 0.05) is 37.8 Å². The van der Waals surface area contributed by atoms with E-state index in [1.165, 1.54) is 5.70 Å². The molecule has 1 fully saturated rings. The minimum atomic E-state index is -0.286. The van der Waals surface area contributed by atoms with Crippen LogP contribution in [0.5, 0.6) is 0 Å². The molecule has 26 heavy (non-hydrogen) atoms. The first-order chi connectivity index (χ1) is 12.2. The Kier molecular flexibility index (Phi) is 9.45. The first-order valence-electron chi connectivity index (χ1n) is 9.98. The average molecular weight is 365 g/mol. The van der Waals surface area contributed by atoms with Crippen LogP contribution in [0.4, 0.5) is 0 Å². The standard InChI is InChI=1S/C22H40N2O2/c1-9-20(10-11-21(23-8)15(2)3)26-14-19-13-24(12-17(19)6)18(7)22(25)16(4)5/h9-11,15-19,22-23,25H,1,12-14H2,2-8H3/b20-10+,21-11+. The Labute approximate surface area is 161 Å². The van der Waals surface area contributed by atoms with Gasteiger partial charge in [0.25, 0.3) is 0 Å². The summed E-state index contributed by atoms with van der Waals surface area (Å²) in [6.07, 6.45) is 5.54. The van der Waals surface area contributed by atoms with E-state index in [1.54, 1.807) is 6.08 Å². The molecule has 4 unspecified atom stereocenters. The van der Waals surface area contributed by atoms with Crippen LogP contribution in [0.15, 0.2) is 36.3 Å². The summed E-state index contributed by atoms with van der Waals surface area (Å²) in [4.78, 5) is 2.40. The summed E-state index contributed by atoms with van der Waals surface area (Å²) >= 11 is 0. The summed E-state index contributed by atoms with van der Waals surface area (Å²) < 4.78 is 6.04. The number of aliphatic hydroxyl groups is 1. The van der Waals surface area contributed by atoms with Crippen molar-refractivity contribution in [3.8, 4) is 0 Å². The number of aliphatic hydroxyl groups excluding tert-OH is 1. The summed E-state index contributed by atoms with van der Waals surface area (Å²) in [5.41, 5.74) is 1.17. The van der Waals surface area contributed by atoms with Crippen molar-refractivity contribution >= 4 is 0 Å². The molecule has 0 spiro atoms. The normalized spacial score (nSPS) is 24.8. The Morgan fingerprint density at radius 3 is 2.38 bits per heavy atom. The highest BCUT2D eigenvalue weighted by molar-refractivity contribution is 5.20. The number of nitrogens with zero attached hydrogens (tertiary/aromatic N) is 1. The number of nitrogens with one attached hydrogen (secondary N) is 1. The number of hydrogen-bond donors (Lipinski definition) is 2. The van der Waals surface area contributed by atoms with Crippen LogP contribution in [0.1, 0.15) is 41.5 Å². The quantitative estimate of drug-likeness (QED) is 0.457. The molecule has 1 heterocycles. The molecule has 4 atom stereocenters. The summed E-state index contributed by atoms with van der Waals surface area (Å²) in [6.45, 7) is 19.4. The maximum Gasteiger partial charge on any atom is 0.118 e. The third-order valence-corrected chi connectivity index (χ3v) is 5.55. The molecule has 1 aliphatic heterocycles. The third-order valence-electron chi connectivity index (χ3n) is 5.55. The van der Waals surface area contributed by atoms with Crippen molar-refractivity contribution in [3.63, 3.8) is 0 Å². The zero-order valence-corrected chi connectivity index (χ0v) is 17.8. The lowest BCUT2D eigenvalue weighted by Gasteiger charge is -2.31. The molecule has 0 aromatic carbocycles. The summed E-state index contributed by atoms with van der Waals surface area (Å²) in [5, 5.41) is 13.6. The van der Waals surface area contributed by atoms with Gasteiger partial charge in [0.05, 0.1) is 12.7 Å². The zero-order chi connectivity index (χ0) is 19.9. The molecular weight excluding hydrogens is 324 g/mol. The molecule has 0 amide bonds. The summed E-state index contributed by atoms with van der Waals surface area (Å²) in [7, 11) is 1.94. The molecule has 2 N–H and O–H groups in total. The molecule has 1 aliphatic rings. The highest BCUT2D eigenvalue weighted by atomic mass is 16.5. The number of likely N-dealkylation sites (tertiary alicyclic amines) is 1. The largest absolute Gasteiger partial charge is 0.493 e. The van der Waals surface area contributed by atoms with Crippen LogP contribution >= 0.6 is 0 Å². The van der Waals surface area contributed by atoms with Gasteiger partial charge in [0.2, 0.25) is 0 Å². The highest BCUT2D eigenvalue weighted by Crippen LogP contribution is 2.27. The molecule has 0 bridgehead atoms. The second-order valence-electron chi connectivity index (χ2n) is 8.28. The highest BCUT2D eigenvalue weighted by Gasteiger charge is 2.35. The Hall–Kier alpha value is -1.26. The number of hydrogen-bond acceptors (Lipinski definition) is 4. The van der Waals surface area contributed by atoms with Crippen LogP contribution in [0.2, 0.25) is 0 Å². The van der Waals surface area contributed by atoms with Gasteiger partial charge in [-0.3, -0.25) is 4.90 Å². The zero-order valence-electron chi connectivity index (χ0n) is 17.8. The van der Waals surface area contributed by atoms with Gasteiger partial charge >= 0.3 is 0 Å². The molecule has 4 nitrogen and oxygen atoms in total. The predicted molar refractivity (Wildman–Crippen MR) is 111 cm³/mol. The predicted octanol–water partition coefficient (Wildman–Crippen LogP) is 3.81. The number of rotatable bonds is 10. The Balaban J connectivity index is 2.64. The maximum absolute atomic E-state index is 10.4. The fourth-order valence-electron chi connectivity index (χ4n) is 3.51. The van der Waals surface area contributed by atoms with Crippen LogP contribution in [0.25, 0.3) is 0 Å². The van der Waals surface area contributed by atoms with E-state index in [1.807, 2.05) is 13.1 Å². The van der Waals surface area contributed by atoms with Crippen LogP contribution in [-0.2, 0) is 4.74 Å². The van der Waals surface area contributed by atoms with E-state index in [0.29, 0.717) is 24.4 Å². The van der Waals surface area contributed by atoms with E-state index in [9.17, 15) is 5.11 Å². The number of ether oxygens (including phenoxy) is 1. The SMILES string of the molecule is C=C/C(=C\C=C(\NC)C(C)C)OCC1CN(C(C)C(O)C(C)C)CC1C. The molecule has 1 saturated heterocycles. The van der Waals surface area contributed by atoms with Gasteiger partial charge < -0.3 is 15.2 Å². The second kappa shape index (κ2) is 10.8. The van der Waals surface area contributed by atoms with Crippen LogP contribution in [0.3, 0.4) is 0 Å². The van der Waals surface area contributed by atoms with E-state index >= 15 is 0 Å². The fourth-order valence-corrected chi connectivity index (χ4v) is 3.51. The fraction of sp³-hybridized carbons (Fsp3) is 0.727. The number of allylic oxidation sites excluding steroid dienone is 4. The third kappa shape index (κ3) is 6.48. The molecule has 150 valence electrons. The van der Waals surface area contributed by atoms with E-state index in [4.69, 9.17) is 4.74 Å². The monoisotopic (exact) mass is 364 g/mol. The van der Waals surface area contributed by atoms with Crippen LogP contribution < -0.4 is 5.32 Å². The molecule has 0 aromatic rings. The Morgan fingerprint density at radius 1 is 1.23 bits per heavy atom. The minimum absolute atomic E-state index is 0.184. The topological polar surface area (TPSA) is 44.7 Å². The van der Waals surface area contributed by atoms with E-state index in [-0.39, 0.29) is 18.1 Å². The van der Waals surface area contributed by atoms with Gasteiger partial charge in [-0.15, -0.1) is 0 Å². The lowest BCUT2D eigenvalue weighted by molar-refractivity contribution is 0.0347. The van der Waals surface area contributed by atoms with Crippen molar-refractivity contribution in [1.82, 2.24) is 10.2 Å². The van der Waals surface area contributed by atoms with Crippen molar-refractivity contribution in [3.05, 3.63) is 36.3 Å². The summed E-state index contributed by atoms with van der Waals surface area (Å²) in [5.74, 6) is 2.55. The Bertz CT molecular complexity index is 496. The van der Waals surface area contributed by atoms with E-state index in [2.05, 4.69) is 64.4 Å². The van der Waals surface area contributed by atoms with Crippen molar-refractivity contribution in [2.45, 2.75) is 53.7 Å². The van der Waals surface area contributed by atoms with Gasteiger partial charge in [-0.1, -0.05) is 41.2 Å². The summed E-state index contributed by atoms with van der Waals surface area (Å²) in [6, 6.07) is 0.184. The van der Waals surface area contributed by atoms with Gasteiger partial charge in [0.15, 0.2) is 0 Å². The first kappa shape index (κ1) is 22.8. The molecule has 0 aromatic heterocycles. The lowest BCUT2D eigenvalue weighted by Crippen LogP contribution is -2.42. The van der Waals surface area contributed by atoms with Crippen LogP contribution in [0, 0.1) is 23.7 Å². The van der Waals surface area contributed by atoms with Gasteiger partial charge in [0.1, 0.15) is 5.76 Å². The minimum Gasteiger partial charge on any atom is -0.493 e. The Morgan fingerprint density at radius 2 is 1.88 bits per heavy atom. The second-order valence-corrected chi connectivity index (χ2v) is 8.28. The van der Waals surface area contributed by atoms with Gasteiger partial charge in [-0.05, 0) is 42.9 Å². The molecule has 0 radical (unpaired) electrons. The first-order valence-corrected chi connectivity index (χ1v) is 9.98. The van der Waals surface area contributed by atoms with Gasteiger partial charge in [-0.25, -0.2) is 0 Å². The van der Waals surface area contributed by atoms with Crippen molar-refractivity contribution in [1.29, 1.82) is 0 Å². The average Bonchev–Trinajstić information content (AvgIpc) is 2.97. The van der Waals surface area contributed by atoms with Crippen molar-refractivity contribution < 1.29 is 9.84 Å². The molecule has 1 rings (SSSR count). The van der Waals surface area contributed by atoms with Gasteiger partial charge in [-0.2, -0.15) is 0 Å². The molecule has 4 heteroatoms. The van der Waals surface area contributed by atoms with Crippen molar-refractivity contribution in [2.24, 2.45) is 23.7 Å². The van der Waals surface area contributed by atoms with Crippen LogP contribution in [-0.4, -0.2) is 48.9 Å². The van der Waals surface area contributed by atoms with Crippen molar-refractivity contribution in [2.75, 3.05) is 26.7 Å². The molecular formula is C22H40N2O2. The molecule has 0 aliphatic carbocycles. The maximum atomic E-state index is 10.4. The van der Waals surface area contributed by atoms with E-state index in [0.717, 1.165) is 18.8 Å². The lowest BCUT2D eigenvalue weighted by atomic mass is 9.99. The smallest absolute Gasteiger partial charge is 0.118 e. The van der Waals surface area contributed by atoms with E-state index < -0.39 is 0 Å².